The Morgan fingerprint density at radius 3 is 2.80 bits per heavy atom. The molecule has 30 heavy (non-hydrogen) atoms. The zero-order valence-corrected chi connectivity index (χ0v) is 16.5. The van der Waals surface area contributed by atoms with Gasteiger partial charge in [0.25, 0.3) is 5.91 Å². The van der Waals surface area contributed by atoms with Crippen molar-refractivity contribution in [2.75, 3.05) is 12.4 Å². The van der Waals surface area contributed by atoms with E-state index >= 15 is 0 Å². The van der Waals surface area contributed by atoms with Crippen LogP contribution in [0.5, 0.6) is 5.75 Å². The average Bonchev–Trinajstić information content (AvgIpc) is 3.37. The molecule has 7 nitrogen and oxygen atoms in total. The molecular weight excluding hydrogens is 385 g/mol. The van der Waals surface area contributed by atoms with Crippen LogP contribution in [-0.4, -0.2) is 33.0 Å². The highest BCUT2D eigenvalue weighted by atomic mass is 19.1. The Kier molecular flexibility index (Phi) is 5.30. The van der Waals surface area contributed by atoms with Crippen molar-refractivity contribution in [3.8, 4) is 17.0 Å². The van der Waals surface area contributed by atoms with Gasteiger partial charge in [0.2, 0.25) is 0 Å². The molecule has 2 N–H and O–H groups in total. The number of H-pyrrole nitrogens is 1. The first kappa shape index (κ1) is 19.4. The van der Waals surface area contributed by atoms with Gasteiger partial charge in [-0.15, -0.1) is 0 Å². The van der Waals surface area contributed by atoms with Crippen LogP contribution in [0.4, 0.5) is 10.2 Å². The van der Waals surface area contributed by atoms with Crippen molar-refractivity contribution < 1.29 is 13.9 Å². The standard InChI is InChI=1S/C22H20FN5O2/c1-14-10-21(27-28(14)13-16-6-3-4-9-18(16)23)24-22(29)20-12-19(25-26-20)15-7-5-8-17(11-15)30-2/h3-12H,13H2,1-2H3,(H,25,26)(H,24,27,29). The molecule has 2 aromatic heterocycles. The first-order valence-electron chi connectivity index (χ1n) is 9.32. The summed E-state index contributed by atoms with van der Waals surface area (Å²) < 4.78 is 20.8. The quantitative estimate of drug-likeness (QED) is 0.507. The lowest BCUT2D eigenvalue weighted by atomic mass is 10.1. The van der Waals surface area contributed by atoms with Gasteiger partial charge >= 0.3 is 0 Å². The number of benzene rings is 2. The maximum absolute atomic E-state index is 13.9. The zero-order valence-electron chi connectivity index (χ0n) is 16.5. The maximum Gasteiger partial charge on any atom is 0.274 e. The SMILES string of the molecule is COc1cccc(-c2cc(C(=O)Nc3cc(C)n(Cc4ccccc4F)n3)[nH]n2)c1. The van der Waals surface area contributed by atoms with Gasteiger partial charge in [-0.25, -0.2) is 4.39 Å². The minimum atomic E-state index is -0.368. The highest BCUT2D eigenvalue weighted by Gasteiger charge is 2.14. The van der Waals surface area contributed by atoms with Crippen molar-refractivity contribution in [1.29, 1.82) is 0 Å². The number of aromatic amines is 1. The second-order valence-electron chi connectivity index (χ2n) is 6.77. The lowest BCUT2D eigenvalue weighted by Crippen LogP contribution is -2.13. The zero-order chi connectivity index (χ0) is 21.1. The summed E-state index contributed by atoms with van der Waals surface area (Å²) in [6, 6.07) is 17.3. The van der Waals surface area contributed by atoms with E-state index in [0.29, 0.717) is 28.5 Å². The molecule has 0 aliphatic carbocycles. The van der Waals surface area contributed by atoms with Gasteiger partial charge in [0.1, 0.15) is 17.3 Å². The molecule has 2 aromatic carbocycles. The maximum atomic E-state index is 13.9. The molecule has 4 aromatic rings. The van der Waals surface area contributed by atoms with Crippen molar-refractivity contribution in [3.63, 3.8) is 0 Å². The van der Waals surface area contributed by atoms with Crippen LogP contribution in [0.3, 0.4) is 0 Å². The van der Waals surface area contributed by atoms with Crippen LogP contribution in [0.1, 0.15) is 21.7 Å². The molecule has 0 aliphatic rings. The summed E-state index contributed by atoms with van der Waals surface area (Å²) in [7, 11) is 1.59. The molecule has 4 rings (SSSR count). The third kappa shape index (κ3) is 4.07. The second-order valence-corrected chi connectivity index (χ2v) is 6.77. The Bertz CT molecular complexity index is 1200. The molecular formula is C22H20FN5O2. The third-order valence-corrected chi connectivity index (χ3v) is 4.69. The smallest absolute Gasteiger partial charge is 0.274 e. The second kappa shape index (κ2) is 8.20. The van der Waals surface area contributed by atoms with Crippen molar-refractivity contribution in [3.05, 3.63) is 83.4 Å². The van der Waals surface area contributed by atoms with Crippen LogP contribution in [-0.2, 0) is 6.54 Å². The molecule has 152 valence electrons. The van der Waals surface area contributed by atoms with Crippen LogP contribution in [0, 0.1) is 12.7 Å². The normalized spacial score (nSPS) is 10.8. The predicted octanol–water partition coefficient (Wildman–Crippen LogP) is 4.03. The number of hydrogen-bond acceptors (Lipinski definition) is 4. The van der Waals surface area contributed by atoms with E-state index in [2.05, 4.69) is 20.6 Å². The lowest BCUT2D eigenvalue weighted by Gasteiger charge is -2.05. The highest BCUT2D eigenvalue weighted by molar-refractivity contribution is 6.02. The molecule has 0 unspecified atom stereocenters. The summed E-state index contributed by atoms with van der Waals surface area (Å²) in [6.07, 6.45) is 0. The van der Waals surface area contributed by atoms with E-state index < -0.39 is 0 Å². The van der Waals surface area contributed by atoms with Crippen molar-refractivity contribution in [2.24, 2.45) is 0 Å². The molecule has 0 spiro atoms. The number of hydrogen-bond donors (Lipinski definition) is 2. The van der Waals surface area contributed by atoms with Crippen LogP contribution >= 0.6 is 0 Å². The molecule has 0 radical (unpaired) electrons. The van der Waals surface area contributed by atoms with Gasteiger partial charge in [-0.1, -0.05) is 30.3 Å². The largest absolute Gasteiger partial charge is 0.497 e. The van der Waals surface area contributed by atoms with E-state index in [1.807, 2.05) is 31.2 Å². The molecule has 8 heteroatoms. The van der Waals surface area contributed by atoms with E-state index in [9.17, 15) is 9.18 Å². The van der Waals surface area contributed by atoms with Crippen molar-refractivity contribution in [1.82, 2.24) is 20.0 Å². The Morgan fingerprint density at radius 1 is 1.17 bits per heavy atom. The number of carbonyl (C=O) groups excluding carboxylic acids is 1. The predicted molar refractivity (Wildman–Crippen MR) is 111 cm³/mol. The molecule has 0 saturated carbocycles. The van der Waals surface area contributed by atoms with Crippen molar-refractivity contribution >= 4 is 11.7 Å². The topological polar surface area (TPSA) is 84.8 Å². The van der Waals surface area contributed by atoms with Crippen molar-refractivity contribution in [2.45, 2.75) is 13.5 Å². The van der Waals surface area contributed by atoms with Gasteiger partial charge in [-0.05, 0) is 31.2 Å². The summed E-state index contributed by atoms with van der Waals surface area (Å²) in [4.78, 5) is 12.6. The fourth-order valence-corrected chi connectivity index (χ4v) is 3.07. The highest BCUT2D eigenvalue weighted by Crippen LogP contribution is 2.23. The summed E-state index contributed by atoms with van der Waals surface area (Å²) in [5.41, 5.74) is 3.08. The van der Waals surface area contributed by atoms with Gasteiger partial charge < -0.3 is 10.1 Å². The molecule has 0 saturated heterocycles. The van der Waals surface area contributed by atoms with E-state index in [1.165, 1.54) is 6.07 Å². The Hall–Kier alpha value is -3.94. The minimum absolute atomic E-state index is 0.276. The fourth-order valence-electron chi connectivity index (χ4n) is 3.07. The first-order valence-corrected chi connectivity index (χ1v) is 9.32. The number of amides is 1. The van der Waals surface area contributed by atoms with Gasteiger partial charge in [0, 0.05) is 22.9 Å². The van der Waals surface area contributed by atoms with Crippen LogP contribution in [0.25, 0.3) is 11.3 Å². The van der Waals surface area contributed by atoms with Crippen LogP contribution in [0.15, 0.2) is 60.7 Å². The Balaban J connectivity index is 1.48. The third-order valence-electron chi connectivity index (χ3n) is 4.69. The number of rotatable bonds is 6. The van der Waals surface area contributed by atoms with E-state index in [4.69, 9.17) is 4.74 Å². The fraction of sp³-hybridized carbons (Fsp3) is 0.136. The number of carbonyl (C=O) groups is 1. The lowest BCUT2D eigenvalue weighted by molar-refractivity contribution is 0.102. The summed E-state index contributed by atoms with van der Waals surface area (Å²) in [6.45, 7) is 2.12. The number of aryl methyl sites for hydroxylation is 1. The minimum Gasteiger partial charge on any atom is -0.497 e. The number of nitrogens with zero attached hydrogens (tertiary/aromatic N) is 3. The Morgan fingerprint density at radius 2 is 2.00 bits per heavy atom. The first-order chi connectivity index (χ1) is 14.5. The molecule has 0 fully saturated rings. The van der Waals surface area contributed by atoms with E-state index in [1.54, 1.807) is 42.1 Å². The van der Waals surface area contributed by atoms with Crippen LogP contribution < -0.4 is 10.1 Å². The number of nitrogens with one attached hydrogen (secondary N) is 2. The van der Waals surface area contributed by atoms with Gasteiger partial charge in [0.15, 0.2) is 5.82 Å². The average molecular weight is 405 g/mol. The van der Waals surface area contributed by atoms with E-state index in [0.717, 1.165) is 11.3 Å². The summed E-state index contributed by atoms with van der Waals surface area (Å²) in [5, 5.41) is 14.1. The summed E-state index contributed by atoms with van der Waals surface area (Å²) in [5.74, 6) is 0.427. The number of methoxy groups -OCH3 is 1. The molecule has 1 amide bonds. The molecule has 0 aliphatic heterocycles. The van der Waals surface area contributed by atoms with Crippen LogP contribution in [0.2, 0.25) is 0 Å². The molecule has 0 atom stereocenters. The molecule has 0 bridgehead atoms. The van der Waals surface area contributed by atoms with Gasteiger partial charge in [0.05, 0.1) is 19.3 Å². The van der Waals surface area contributed by atoms with Gasteiger partial charge in [-0.2, -0.15) is 10.2 Å². The molecule has 2 heterocycles. The van der Waals surface area contributed by atoms with E-state index in [-0.39, 0.29) is 18.3 Å². The number of anilines is 1. The number of aromatic nitrogens is 4. The Labute approximate surface area is 172 Å². The monoisotopic (exact) mass is 405 g/mol. The van der Waals surface area contributed by atoms with Gasteiger partial charge in [-0.3, -0.25) is 14.6 Å². The number of ether oxygens (including phenoxy) is 1. The number of halogens is 1. The summed E-state index contributed by atoms with van der Waals surface area (Å²) >= 11 is 0.